The Morgan fingerprint density at radius 2 is 2.24 bits per heavy atom. The first kappa shape index (κ1) is 10.4. The molecule has 2 aromatic heterocycles. The molecule has 0 amide bonds. The van der Waals surface area contributed by atoms with Crippen molar-refractivity contribution in [1.29, 1.82) is 0 Å². The molecule has 1 aliphatic carbocycles. The van der Waals surface area contributed by atoms with Crippen molar-refractivity contribution >= 4 is 0 Å². The number of hydrogen-bond donors (Lipinski definition) is 1. The number of hydrogen-bond acceptors (Lipinski definition) is 5. The summed E-state index contributed by atoms with van der Waals surface area (Å²) < 4.78 is 5.25. The van der Waals surface area contributed by atoms with Crippen molar-refractivity contribution < 1.29 is 4.52 Å². The van der Waals surface area contributed by atoms with E-state index in [0.717, 1.165) is 30.5 Å². The van der Waals surface area contributed by atoms with E-state index in [4.69, 9.17) is 10.3 Å². The lowest BCUT2D eigenvalue weighted by Crippen LogP contribution is -2.43. The number of nitrogens with zero attached hydrogens (tertiary/aromatic N) is 3. The van der Waals surface area contributed by atoms with Crippen LogP contribution in [0.4, 0.5) is 0 Å². The molecule has 3 rings (SSSR count). The van der Waals surface area contributed by atoms with Crippen molar-refractivity contribution in [2.24, 2.45) is 5.73 Å². The van der Waals surface area contributed by atoms with Crippen LogP contribution in [0.25, 0.3) is 11.5 Å². The largest absolute Gasteiger partial charge is 0.337 e. The highest BCUT2D eigenvalue weighted by atomic mass is 16.5. The minimum atomic E-state index is -0.409. The molecule has 0 unspecified atom stereocenters. The first-order chi connectivity index (χ1) is 8.19. The van der Waals surface area contributed by atoms with E-state index in [-0.39, 0.29) is 0 Å². The van der Waals surface area contributed by atoms with Gasteiger partial charge in [0.25, 0.3) is 0 Å². The van der Waals surface area contributed by atoms with Crippen molar-refractivity contribution in [3.05, 3.63) is 29.8 Å². The Kier molecular flexibility index (Phi) is 2.22. The highest BCUT2D eigenvalue weighted by Crippen LogP contribution is 2.38. The molecule has 1 aliphatic rings. The molecule has 0 bridgehead atoms. The summed E-state index contributed by atoms with van der Waals surface area (Å²) in [5, 5.41) is 3.97. The Hall–Kier alpha value is -1.75. The van der Waals surface area contributed by atoms with Crippen molar-refractivity contribution in [3.8, 4) is 11.5 Å². The molecular formula is C12H14N4O. The number of pyridine rings is 1. The summed E-state index contributed by atoms with van der Waals surface area (Å²) in [5.41, 5.74) is 7.51. The number of aromatic nitrogens is 3. The van der Waals surface area contributed by atoms with Crippen LogP contribution in [0.3, 0.4) is 0 Å². The maximum Gasteiger partial charge on any atom is 0.247 e. The fourth-order valence-electron chi connectivity index (χ4n) is 2.01. The summed E-state index contributed by atoms with van der Waals surface area (Å²) in [5.74, 6) is 1.05. The van der Waals surface area contributed by atoms with Crippen LogP contribution in [0.15, 0.2) is 22.9 Å². The van der Waals surface area contributed by atoms with E-state index in [1.54, 1.807) is 6.20 Å². The first-order valence-electron chi connectivity index (χ1n) is 5.74. The van der Waals surface area contributed by atoms with Crippen molar-refractivity contribution in [2.45, 2.75) is 31.7 Å². The number of nitrogens with two attached hydrogens (primary N) is 1. The van der Waals surface area contributed by atoms with Gasteiger partial charge in [0.1, 0.15) is 5.69 Å². The second-order valence-electron chi connectivity index (χ2n) is 4.60. The van der Waals surface area contributed by atoms with Crippen molar-refractivity contribution in [3.63, 3.8) is 0 Å². The molecule has 1 saturated carbocycles. The van der Waals surface area contributed by atoms with Crippen LogP contribution in [-0.4, -0.2) is 15.1 Å². The lowest BCUT2D eigenvalue weighted by Gasteiger charge is -2.33. The molecule has 5 nitrogen and oxygen atoms in total. The monoisotopic (exact) mass is 230 g/mol. The number of aryl methyl sites for hydroxylation is 1. The average molecular weight is 230 g/mol. The zero-order valence-corrected chi connectivity index (χ0v) is 9.68. The molecule has 0 saturated heterocycles. The van der Waals surface area contributed by atoms with E-state index in [1.807, 2.05) is 19.1 Å². The van der Waals surface area contributed by atoms with Gasteiger partial charge in [-0.05, 0) is 37.8 Å². The van der Waals surface area contributed by atoms with Crippen LogP contribution >= 0.6 is 0 Å². The smallest absolute Gasteiger partial charge is 0.247 e. The van der Waals surface area contributed by atoms with E-state index in [1.165, 1.54) is 0 Å². The Morgan fingerprint density at radius 1 is 1.41 bits per heavy atom. The molecule has 17 heavy (non-hydrogen) atoms. The van der Waals surface area contributed by atoms with Gasteiger partial charge in [-0.1, -0.05) is 11.2 Å². The summed E-state index contributed by atoms with van der Waals surface area (Å²) in [6.07, 6.45) is 4.67. The summed E-state index contributed by atoms with van der Waals surface area (Å²) >= 11 is 0. The van der Waals surface area contributed by atoms with E-state index in [0.29, 0.717) is 11.7 Å². The molecule has 0 aliphatic heterocycles. The van der Waals surface area contributed by atoms with Gasteiger partial charge in [0.2, 0.25) is 11.7 Å². The summed E-state index contributed by atoms with van der Waals surface area (Å²) in [7, 11) is 0. The Bertz CT molecular complexity index is 545. The summed E-state index contributed by atoms with van der Waals surface area (Å²) in [6.45, 7) is 1.97. The second-order valence-corrected chi connectivity index (χ2v) is 4.60. The Balaban J connectivity index is 1.98. The second kappa shape index (κ2) is 3.63. The zero-order chi connectivity index (χ0) is 11.9. The van der Waals surface area contributed by atoms with Crippen LogP contribution in [0, 0.1) is 6.92 Å². The molecule has 2 heterocycles. The summed E-state index contributed by atoms with van der Waals surface area (Å²) in [4.78, 5) is 8.63. The van der Waals surface area contributed by atoms with Gasteiger partial charge in [-0.3, -0.25) is 4.98 Å². The van der Waals surface area contributed by atoms with Crippen LogP contribution in [0.2, 0.25) is 0 Å². The molecular weight excluding hydrogens is 216 g/mol. The molecule has 88 valence electrons. The molecule has 0 spiro atoms. The predicted octanol–water partition coefficient (Wildman–Crippen LogP) is 1.78. The summed E-state index contributed by atoms with van der Waals surface area (Å²) in [6, 6.07) is 3.86. The highest BCUT2D eigenvalue weighted by molar-refractivity contribution is 5.53. The fourth-order valence-corrected chi connectivity index (χ4v) is 2.01. The normalized spacial score (nSPS) is 17.8. The van der Waals surface area contributed by atoms with Gasteiger partial charge in [0.15, 0.2) is 0 Å². The van der Waals surface area contributed by atoms with Gasteiger partial charge in [-0.25, -0.2) is 0 Å². The lowest BCUT2D eigenvalue weighted by molar-refractivity contribution is 0.181. The molecule has 2 N–H and O–H groups in total. The highest BCUT2D eigenvalue weighted by Gasteiger charge is 2.40. The Labute approximate surface area is 99.1 Å². The van der Waals surface area contributed by atoms with Crippen LogP contribution in [0.5, 0.6) is 0 Å². The van der Waals surface area contributed by atoms with Gasteiger partial charge in [0, 0.05) is 6.20 Å². The molecule has 2 aromatic rings. The van der Waals surface area contributed by atoms with Crippen LogP contribution < -0.4 is 5.73 Å². The van der Waals surface area contributed by atoms with E-state index in [2.05, 4.69) is 15.1 Å². The zero-order valence-electron chi connectivity index (χ0n) is 9.68. The SMILES string of the molecule is Cc1cccnc1-c1noc(C2(N)CCC2)n1. The molecule has 5 heteroatoms. The first-order valence-corrected chi connectivity index (χ1v) is 5.74. The standard InChI is InChI=1S/C12H14N4O/c1-8-4-2-7-14-9(8)10-15-11(17-16-10)12(13)5-3-6-12/h2,4,7H,3,5-6,13H2,1H3. The predicted molar refractivity (Wildman–Crippen MR) is 62.0 cm³/mol. The van der Waals surface area contributed by atoms with Gasteiger partial charge in [-0.2, -0.15) is 4.98 Å². The van der Waals surface area contributed by atoms with E-state index >= 15 is 0 Å². The molecule has 0 atom stereocenters. The van der Waals surface area contributed by atoms with Crippen molar-refractivity contribution in [1.82, 2.24) is 15.1 Å². The van der Waals surface area contributed by atoms with Gasteiger partial charge >= 0.3 is 0 Å². The third-order valence-corrected chi connectivity index (χ3v) is 3.32. The number of rotatable bonds is 2. The average Bonchev–Trinajstić information content (AvgIpc) is 2.76. The van der Waals surface area contributed by atoms with Crippen LogP contribution in [0.1, 0.15) is 30.7 Å². The minimum Gasteiger partial charge on any atom is -0.337 e. The topological polar surface area (TPSA) is 77.8 Å². The minimum absolute atomic E-state index is 0.409. The van der Waals surface area contributed by atoms with Gasteiger partial charge in [-0.15, -0.1) is 0 Å². The molecule has 0 radical (unpaired) electrons. The van der Waals surface area contributed by atoms with Gasteiger partial charge in [0.05, 0.1) is 5.54 Å². The molecule has 1 fully saturated rings. The fraction of sp³-hybridized carbons (Fsp3) is 0.417. The maximum absolute atomic E-state index is 6.14. The van der Waals surface area contributed by atoms with E-state index < -0.39 is 5.54 Å². The third kappa shape index (κ3) is 1.63. The van der Waals surface area contributed by atoms with Crippen LogP contribution in [-0.2, 0) is 5.54 Å². The maximum atomic E-state index is 6.14. The quantitative estimate of drug-likeness (QED) is 0.850. The third-order valence-electron chi connectivity index (χ3n) is 3.32. The van der Waals surface area contributed by atoms with Crippen molar-refractivity contribution in [2.75, 3.05) is 0 Å². The molecule has 0 aromatic carbocycles. The van der Waals surface area contributed by atoms with Gasteiger partial charge < -0.3 is 10.3 Å². The Morgan fingerprint density at radius 3 is 2.88 bits per heavy atom. The lowest BCUT2D eigenvalue weighted by atomic mass is 9.78. The van der Waals surface area contributed by atoms with E-state index in [9.17, 15) is 0 Å².